The van der Waals surface area contributed by atoms with Gasteiger partial charge in [0.25, 0.3) is 0 Å². The van der Waals surface area contributed by atoms with Crippen molar-refractivity contribution in [1.82, 2.24) is 4.98 Å². The fourth-order valence-corrected chi connectivity index (χ4v) is 1.41. The molecule has 0 aliphatic carbocycles. The van der Waals surface area contributed by atoms with Crippen LogP contribution in [0.15, 0.2) is 35.2 Å². The van der Waals surface area contributed by atoms with Crippen molar-refractivity contribution in [1.29, 1.82) is 0 Å². The molecule has 90 valence electrons. The van der Waals surface area contributed by atoms with Gasteiger partial charge in [-0.3, -0.25) is 10.1 Å². The normalized spacial score (nSPS) is 9.72. The first-order valence-corrected chi connectivity index (χ1v) is 4.96. The molecule has 0 unspecified atom stereocenters. The van der Waals surface area contributed by atoms with Crippen molar-refractivity contribution in [2.75, 3.05) is 6.61 Å². The Morgan fingerprint density at radius 3 is 3.00 bits per heavy atom. The minimum Gasteiger partial charge on any atom is -0.474 e. The molecule has 0 saturated carbocycles. The maximum absolute atomic E-state index is 10.9. The Balaban J connectivity index is 2.41. The van der Waals surface area contributed by atoms with E-state index in [1.165, 1.54) is 24.7 Å². The van der Waals surface area contributed by atoms with Gasteiger partial charge in [0.05, 0.1) is 11.1 Å². The summed E-state index contributed by atoms with van der Waals surface area (Å²) in [5, 5.41) is 10.9. The molecule has 0 saturated heterocycles. The van der Waals surface area contributed by atoms with Crippen molar-refractivity contribution in [3.05, 3.63) is 40.9 Å². The molecule has 0 aliphatic rings. The molecule has 0 bridgehead atoms. The first kappa shape index (κ1) is 11.7. The van der Waals surface area contributed by atoms with Gasteiger partial charge in [-0.15, -0.1) is 6.42 Å². The Hall–Kier alpha value is -2.81. The van der Waals surface area contributed by atoms with Gasteiger partial charge in [-0.25, -0.2) is 4.98 Å². The largest absolute Gasteiger partial charge is 0.474 e. The lowest BCUT2D eigenvalue weighted by atomic mass is 10.1. The van der Waals surface area contributed by atoms with Crippen molar-refractivity contribution >= 4 is 5.69 Å². The fourth-order valence-electron chi connectivity index (χ4n) is 1.41. The van der Waals surface area contributed by atoms with E-state index in [1.807, 2.05) is 0 Å². The molecular weight excluding hydrogens is 236 g/mol. The predicted molar refractivity (Wildman–Crippen MR) is 62.9 cm³/mol. The van der Waals surface area contributed by atoms with Gasteiger partial charge in [-0.2, -0.15) is 0 Å². The summed E-state index contributed by atoms with van der Waals surface area (Å²) < 4.78 is 10.2. The molecule has 0 fully saturated rings. The summed E-state index contributed by atoms with van der Waals surface area (Å²) in [7, 11) is 0. The molecular formula is C12H8N2O4. The second-order valence-electron chi connectivity index (χ2n) is 3.30. The van der Waals surface area contributed by atoms with Crippen LogP contribution in [-0.2, 0) is 0 Å². The Kier molecular flexibility index (Phi) is 3.25. The van der Waals surface area contributed by atoms with E-state index in [4.69, 9.17) is 15.6 Å². The van der Waals surface area contributed by atoms with E-state index in [0.29, 0.717) is 11.3 Å². The number of aromatic nitrogens is 1. The van der Waals surface area contributed by atoms with Gasteiger partial charge in [0.1, 0.15) is 6.61 Å². The molecule has 18 heavy (non-hydrogen) atoms. The second-order valence-corrected chi connectivity index (χ2v) is 3.30. The number of nitro benzene ring substituents is 1. The van der Waals surface area contributed by atoms with Gasteiger partial charge in [-0.05, 0) is 12.1 Å². The number of terminal acetylenes is 1. The molecule has 1 heterocycles. The Bertz CT molecular complexity index is 599. The number of nitrogens with zero attached hydrogens (tertiary/aromatic N) is 2. The van der Waals surface area contributed by atoms with Gasteiger partial charge in [0, 0.05) is 11.6 Å². The number of hydrogen-bond donors (Lipinski definition) is 0. The Morgan fingerprint density at radius 2 is 2.39 bits per heavy atom. The highest BCUT2D eigenvalue weighted by atomic mass is 16.6. The summed E-state index contributed by atoms with van der Waals surface area (Å²) in [6.45, 7) is -0.0253. The van der Waals surface area contributed by atoms with Gasteiger partial charge in [0.15, 0.2) is 17.9 Å². The van der Waals surface area contributed by atoms with Crippen molar-refractivity contribution in [2.24, 2.45) is 0 Å². The highest BCUT2D eigenvalue weighted by Crippen LogP contribution is 2.32. The molecule has 2 aromatic rings. The average Bonchev–Trinajstić information content (AvgIpc) is 2.90. The van der Waals surface area contributed by atoms with Crippen LogP contribution in [0.25, 0.3) is 11.3 Å². The van der Waals surface area contributed by atoms with Crippen LogP contribution < -0.4 is 4.74 Å². The Morgan fingerprint density at radius 1 is 1.56 bits per heavy atom. The van der Waals surface area contributed by atoms with E-state index in [9.17, 15) is 10.1 Å². The lowest BCUT2D eigenvalue weighted by Crippen LogP contribution is -1.98. The van der Waals surface area contributed by atoms with Crippen LogP contribution in [0.4, 0.5) is 5.69 Å². The van der Waals surface area contributed by atoms with Gasteiger partial charge >= 0.3 is 5.69 Å². The number of nitro groups is 1. The van der Waals surface area contributed by atoms with Crippen LogP contribution in [0.3, 0.4) is 0 Å². The summed E-state index contributed by atoms with van der Waals surface area (Å²) in [4.78, 5) is 14.1. The van der Waals surface area contributed by atoms with E-state index in [2.05, 4.69) is 10.9 Å². The number of oxazole rings is 1. The maximum Gasteiger partial charge on any atom is 0.311 e. The van der Waals surface area contributed by atoms with E-state index in [0.717, 1.165) is 0 Å². The van der Waals surface area contributed by atoms with E-state index in [-0.39, 0.29) is 18.0 Å². The molecule has 0 spiro atoms. The summed E-state index contributed by atoms with van der Waals surface area (Å²) in [5.41, 5.74) is 0.381. The predicted octanol–water partition coefficient (Wildman–Crippen LogP) is 2.26. The summed E-state index contributed by atoms with van der Waals surface area (Å²) >= 11 is 0. The molecule has 1 aromatic heterocycles. The third kappa shape index (κ3) is 2.30. The molecule has 0 amide bonds. The zero-order chi connectivity index (χ0) is 13.0. The van der Waals surface area contributed by atoms with Crippen LogP contribution in [0, 0.1) is 22.5 Å². The highest BCUT2D eigenvalue weighted by Gasteiger charge is 2.17. The van der Waals surface area contributed by atoms with Gasteiger partial charge in [0.2, 0.25) is 0 Å². The van der Waals surface area contributed by atoms with Crippen LogP contribution in [0.1, 0.15) is 0 Å². The van der Waals surface area contributed by atoms with Crippen molar-refractivity contribution in [2.45, 2.75) is 0 Å². The lowest BCUT2D eigenvalue weighted by molar-refractivity contribution is -0.385. The SMILES string of the molecule is C#CCOc1ccc(-c2cnco2)cc1[N+](=O)[O-]. The first-order valence-electron chi connectivity index (χ1n) is 4.96. The average molecular weight is 244 g/mol. The summed E-state index contributed by atoms with van der Waals surface area (Å²) in [6.07, 6.45) is 7.77. The zero-order valence-corrected chi connectivity index (χ0v) is 9.20. The number of benzene rings is 1. The third-order valence-electron chi connectivity index (χ3n) is 2.18. The van der Waals surface area contributed by atoms with Crippen LogP contribution in [0.5, 0.6) is 5.75 Å². The van der Waals surface area contributed by atoms with E-state index >= 15 is 0 Å². The first-order chi connectivity index (χ1) is 8.72. The van der Waals surface area contributed by atoms with Crippen LogP contribution >= 0.6 is 0 Å². The molecule has 0 aliphatic heterocycles. The highest BCUT2D eigenvalue weighted by molar-refractivity contribution is 5.64. The second kappa shape index (κ2) is 5.01. The zero-order valence-electron chi connectivity index (χ0n) is 9.20. The molecule has 1 aromatic carbocycles. The minimum atomic E-state index is -0.536. The minimum absolute atomic E-state index is 0.0253. The summed E-state index contributed by atoms with van der Waals surface area (Å²) in [5.74, 6) is 2.82. The molecule has 6 heteroatoms. The quantitative estimate of drug-likeness (QED) is 0.468. The van der Waals surface area contributed by atoms with Gasteiger partial charge in [-0.1, -0.05) is 5.92 Å². The van der Waals surface area contributed by atoms with Crippen LogP contribution in [-0.4, -0.2) is 16.5 Å². The van der Waals surface area contributed by atoms with Crippen LogP contribution in [0.2, 0.25) is 0 Å². The topological polar surface area (TPSA) is 78.4 Å². The smallest absolute Gasteiger partial charge is 0.311 e. The number of ether oxygens (including phenoxy) is 1. The molecule has 2 rings (SSSR count). The molecule has 0 atom stereocenters. The fraction of sp³-hybridized carbons (Fsp3) is 0.0833. The maximum atomic E-state index is 10.9. The third-order valence-corrected chi connectivity index (χ3v) is 2.18. The summed E-state index contributed by atoms with van der Waals surface area (Å²) in [6, 6.07) is 4.47. The van der Waals surface area contributed by atoms with E-state index in [1.54, 1.807) is 6.07 Å². The molecule has 0 N–H and O–H groups in total. The van der Waals surface area contributed by atoms with Gasteiger partial charge < -0.3 is 9.15 Å². The number of hydrogen-bond acceptors (Lipinski definition) is 5. The number of rotatable bonds is 4. The standard InChI is InChI=1S/C12H8N2O4/c1-2-5-17-11-4-3-9(6-10(11)14(15)16)12-7-13-8-18-12/h1,3-4,6-8H,5H2. The molecule has 6 nitrogen and oxygen atoms in total. The molecule has 0 radical (unpaired) electrons. The Labute approximate surface area is 102 Å². The monoisotopic (exact) mass is 244 g/mol. The lowest BCUT2D eigenvalue weighted by Gasteiger charge is -2.04. The van der Waals surface area contributed by atoms with Crippen molar-refractivity contribution in [3.8, 4) is 29.4 Å². The van der Waals surface area contributed by atoms with E-state index < -0.39 is 4.92 Å². The van der Waals surface area contributed by atoms with Crippen molar-refractivity contribution in [3.63, 3.8) is 0 Å². The van der Waals surface area contributed by atoms with Crippen molar-refractivity contribution < 1.29 is 14.1 Å².